The van der Waals surface area contributed by atoms with Crippen molar-refractivity contribution in [1.82, 2.24) is 4.98 Å². The van der Waals surface area contributed by atoms with Crippen LogP contribution in [0.4, 0.5) is 0 Å². The average Bonchev–Trinajstić information content (AvgIpc) is 2.27. The summed E-state index contributed by atoms with van der Waals surface area (Å²) >= 11 is 0. The molecule has 0 unspecified atom stereocenters. The fourth-order valence-electron chi connectivity index (χ4n) is 1.33. The van der Waals surface area contributed by atoms with Crippen molar-refractivity contribution >= 4 is 21.3 Å². The first-order valence-corrected chi connectivity index (χ1v) is 4.51. The van der Waals surface area contributed by atoms with Crippen molar-refractivity contribution in [2.75, 3.05) is 7.11 Å². The molecule has 0 spiro atoms. The monoisotopic (exact) mass is 202 g/mol. The third-order valence-corrected chi connectivity index (χ3v) is 2.25. The number of nitrogens with zero attached hydrogens (tertiary/aromatic N) is 1. The van der Waals surface area contributed by atoms with Crippen molar-refractivity contribution in [3.63, 3.8) is 0 Å². The third kappa shape index (κ3) is 1.44. The Hall–Kier alpha value is -1.55. The quantitative estimate of drug-likeness (QED) is 0.695. The van der Waals surface area contributed by atoms with Gasteiger partial charge in [0.25, 0.3) is 0 Å². The summed E-state index contributed by atoms with van der Waals surface area (Å²) in [5, 5.41) is 2.09. The molecule has 0 saturated carbocycles. The Morgan fingerprint density at radius 2 is 2.00 bits per heavy atom. The SMILES string of the molecule is COc1cc2cnccc2cc1O[Si]. The smallest absolute Gasteiger partial charge is 0.341 e. The summed E-state index contributed by atoms with van der Waals surface area (Å²) in [5.41, 5.74) is 0. The number of benzene rings is 1. The van der Waals surface area contributed by atoms with Gasteiger partial charge >= 0.3 is 10.5 Å². The summed E-state index contributed by atoms with van der Waals surface area (Å²) in [5.74, 6) is 1.34. The van der Waals surface area contributed by atoms with Crippen LogP contribution >= 0.6 is 0 Å². The molecule has 0 aliphatic heterocycles. The minimum atomic E-state index is 0.655. The van der Waals surface area contributed by atoms with Gasteiger partial charge in [-0.25, -0.2) is 0 Å². The van der Waals surface area contributed by atoms with E-state index in [-0.39, 0.29) is 0 Å². The molecule has 69 valence electrons. The molecule has 3 nitrogen and oxygen atoms in total. The van der Waals surface area contributed by atoms with E-state index in [4.69, 9.17) is 9.16 Å². The molecule has 1 aromatic heterocycles. The molecule has 0 bridgehead atoms. The maximum absolute atomic E-state index is 5.16. The Kier molecular flexibility index (Phi) is 2.37. The summed E-state index contributed by atoms with van der Waals surface area (Å²) in [4.78, 5) is 4.04. The van der Waals surface area contributed by atoms with Gasteiger partial charge in [-0.15, -0.1) is 0 Å². The summed E-state index contributed by atoms with van der Waals surface area (Å²) in [7, 11) is 4.59. The Morgan fingerprint density at radius 1 is 1.21 bits per heavy atom. The minimum Gasteiger partial charge on any atom is -0.538 e. The molecule has 0 fully saturated rings. The Bertz CT molecular complexity index is 416. The van der Waals surface area contributed by atoms with E-state index in [9.17, 15) is 0 Å². The van der Waals surface area contributed by atoms with Crippen LogP contribution in [0.2, 0.25) is 0 Å². The van der Waals surface area contributed by atoms with Gasteiger partial charge in [0.15, 0.2) is 5.75 Å². The van der Waals surface area contributed by atoms with Crippen molar-refractivity contribution in [2.45, 2.75) is 0 Å². The lowest BCUT2D eigenvalue weighted by atomic mass is 10.1. The second kappa shape index (κ2) is 3.67. The number of fused-ring (bicyclic) bond motifs is 1. The molecule has 2 rings (SSSR count). The zero-order chi connectivity index (χ0) is 9.97. The second-order valence-corrected chi connectivity index (χ2v) is 3.03. The van der Waals surface area contributed by atoms with Gasteiger partial charge in [0.05, 0.1) is 7.11 Å². The van der Waals surface area contributed by atoms with E-state index in [0.29, 0.717) is 11.5 Å². The molecule has 4 heteroatoms. The van der Waals surface area contributed by atoms with Crippen LogP contribution in [0.5, 0.6) is 11.5 Å². The van der Waals surface area contributed by atoms with E-state index in [0.717, 1.165) is 10.8 Å². The zero-order valence-corrected chi connectivity index (χ0v) is 8.65. The van der Waals surface area contributed by atoms with E-state index < -0.39 is 0 Å². The molecular weight excluding hydrogens is 194 g/mol. The van der Waals surface area contributed by atoms with Gasteiger partial charge in [-0.1, -0.05) is 0 Å². The largest absolute Gasteiger partial charge is 0.538 e. The molecule has 1 aromatic carbocycles. The van der Waals surface area contributed by atoms with Gasteiger partial charge < -0.3 is 9.16 Å². The summed E-state index contributed by atoms with van der Waals surface area (Å²) in [6.07, 6.45) is 3.53. The number of pyridine rings is 1. The fourth-order valence-corrected chi connectivity index (χ4v) is 1.49. The molecule has 0 N–H and O–H groups in total. The molecule has 3 radical (unpaired) electrons. The third-order valence-electron chi connectivity index (χ3n) is 2.03. The van der Waals surface area contributed by atoms with E-state index in [1.165, 1.54) is 0 Å². The van der Waals surface area contributed by atoms with Crippen LogP contribution in [0.1, 0.15) is 0 Å². The fraction of sp³-hybridized carbons (Fsp3) is 0.100. The van der Waals surface area contributed by atoms with Crippen LogP contribution in [0, 0.1) is 0 Å². The van der Waals surface area contributed by atoms with E-state index in [2.05, 4.69) is 15.5 Å². The van der Waals surface area contributed by atoms with Crippen LogP contribution in [-0.4, -0.2) is 22.6 Å². The van der Waals surface area contributed by atoms with Crippen LogP contribution < -0.4 is 9.16 Å². The van der Waals surface area contributed by atoms with Gasteiger partial charge in [-0.2, -0.15) is 0 Å². The normalized spacial score (nSPS) is 10.1. The predicted molar refractivity (Wildman–Crippen MR) is 54.7 cm³/mol. The highest BCUT2D eigenvalue weighted by atomic mass is 28.2. The van der Waals surface area contributed by atoms with Crippen LogP contribution in [-0.2, 0) is 0 Å². The highest BCUT2D eigenvalue weighted by Gasteiger charge is 2.04. The molecule has 0 amide bonds. The van der Waals surface area contributed by atoms with E-state index in [1.54, 1.807) is 19.5 Å². The summed E-state index contributed by atoms with van der Waals surface area (Å²) in [6.45, 7) is 0. The van der Waals surface area contributed by atoms with Crippen molar-refractivity contribution in [1.29, 1.82) is 0 Å². The van der Waals surface area contributed by atoms with Crippen molar-refractivity contribution in [2.24, 2.45) is 0 Å². The number of methoxy groups -OCH3 is 1. The van der Waals surface area contributed by atoms with Gasteiger partial charge in [0.2, 0.25) is 0 Å². The molecule has 0 aliphatic rings. The van der Waals surface area contributed by atoms with Crippen LogP contribution in [0.15, 0.2) is 30.6 Å². The second-order valence-electron chi connectivity index (χ2n) is 2.83. The number of ether oxygens (including phenoxy) is 1. The van der Waals surface area contributed by atoms with E-state index >= 15 is 0 Å². The zero-order valence-electron chi connectivity index (χ0n) is 7.65. The minimum absolute atomic E-state index is 0.655. The lowest BCUT2D eigenvalue weighted by Gasteiger charge is -2.08. The Balaban J connectivity index is 2.69. The lowest BCUT2D eigenvalue weighted by molar-refractivity contribution is 0.398. The van der Waals surface area contributed by atoms with Crippen molar-refractivity contribution < 1.29 is 9.16 Å². The van der Waals surface area contributed by atoms with Crippen LogP contribution in [0.25, 0.3) is 10.8 Å². The summed E-state index contributed by atoms with van der Waals surface area (Å²) in [6, 6.07) is 5.70. The number of hydrogen-bond donors (Lipinski definition) is 0. The number of hydrogen-bond acceptors (Lipinski definition) is 3. The Labute approximate surface area is 85.2 Å². The first-order chi connectivity index (χ1) is 6.85. The van der Waals surface area contributed by atoms with Gasteiger partial charge in [0, 0.05) is 17.8 Å². The van der Waals surface area contributed by atoms with Crippen LogP contribution in [0.3, 0.4) is 0 Å². The lowest BCUT2D eigenvalue weighted by Crippen LogP contribution is -1.91. The molecule has 0 atom stereocenters. The van der Waals surface area contributed by atoms with Gasteiger partial charge in [0.1, 0.15) is 5.75 Å². The molecule has 0 saturated heterocycles. The summed E-state index contributed by atoms with van der Waals surface area (Å²) < 4.78 is 10.2. The average molecular weight is 202 g/mol. The highest BCUT2D eigenvalue weighted by Crippen LogP contribution is 2.31. The molecule has 1 heterocycles. The molecule has 0 aliphatic carbocycles. The van der Waals surface area contributed by atoms with Crippen molar-refractivity contribution in [3.8, 4) is 11.5 Å². The number of aromatic nitrogens is 1. The molecule has 2 aromatic rings. The first-order valence-electron chi connectivity index (χ1n) is 4.10. The molecule has 14 heavy (non-hydrogen) atoms. The predicted octanol–water partition coefficient (Wildman–Crippen LogP) is 1.71. The van der Waals surface area contributed by atoms with Gasteiger partial charge in [-0.3, -0.25) is 4.98 Å². The number of rotatable bonds is 2. The van der Waals surface area contributed by atoms with E-state index in [1.807, 2.05) is 18.2 Å². The van der Waals surface area contributed by atoms with Gasteiger partial charge in [-0.05, 0) is 23.6 Å². The maximum Gasteiger partial charge on any atom is 0.341 e. The first kappa shape index (κ1) is 9.02. The molecular formula is C10H8NO2Si. The highest BCUT2D eigenvalue weighted by molar-refractivity contribution is 6.00. The topological polar surface area (TPSA) is 31.4 Å². The Morgan fingerprint density at radius 3 is 2.71 bits per heavy atom. The maximum atomic E-state index is 5.16. The standard InChI is InChI=1S/C10H8NO2Si/c1-12-9-5-8-6-11-3-2-7(8)4-10(9)13-14/h2-6H,1H3. The van der Waals surface area contributed by atoms with Crippen molar-refractivity contribution in [3.05, 3.63) is 30.6 Å².